The van der Waals surface area contributed by atoms with Crippen LogP contribution >= 0.6 is 11.3 Å². The first-order valence-electron chi connectivity index (χ1n) is 6.00. The Bertz CT molecular complexity index is 609. The Morgan fingerprint density at radius 2 is 2.06 bits per heavy atom. The van der Waals surface area contributed by atoms with Gasteiger partial charge < -0.3 is 5.73 Å². The highest BCUT2D eigenvalue weighted by Gasteiger charge is 2.17. The van der Waals surface area contributed by atoms with E-state index in [0.29, 0.717) is 26.2 Å². The molecule has 0 amide bonds. The van der Waals surface area contributed by atoms with Crippen molar-refractivity contribution in [2.75, 3.05) is 5.73 Å². The zero-order chi connectivity index (χ0) is 13.9. The van der Waals surface area contributed by atoms with Gasteiger partial charge in [0.1, 0.15) is 16.9 Å². The Hall–Kier alpha value is -1.60. The summed E-state index contributed by atoms with van der Waals surface area (Å²) in [4.78, 5) is 0. The molecule has 0 atom stereocenters. The Balaban J connectivity index is 0.000000771. The van der Waals surface area contributed by atoms with Crippen LogP contribution in [0.15, 0.2) is 6.07 Å². The summed E-state index contributed by atoms with van der Waals surface area (Å²) in [5, 5.41) is 10.1. The average Bonchev–Trinajstić information content (AvgIpc) is 2.73. The summed E-state index contributed by atoms with van der Waals surface area (Å²) in [5.74, 6) is -0.259. The van der Waals surface area contributed by atoms with Crippen LogP contribution < -0.4 is 5.73 Å². The first-order chi connectivity index (χ1) is 8.60. The lowest BCUT2D eigenvalue weighted by Crippen LogP contribution is -1.91. The molecule has 0 aliphatic rings. The van der Waals surface area contributed by atoms with Crippen molar-refractivity contribution in [3.8, 4) is 6.07 Å². The number of hydrogen-bond donors (Lipinski definition) is 1. The van der Waals surface area contributed by atoms with Gasteiger partial charge >= 0.3 is 0 Å². The maximum atomic E-state index is 13.9. The molecule has 0 fully saturated rings. The molecule has 1 aromatic carbocycles. The molecule has 0 aliphatic carbocycles. The molecule has 0 spiro atoms. The molecule has 96 valence electrons. The van der Waals surface area contributed by atoms with Gasteiger partial charge in [0.15, 0.2) is 0 Å². The van der Waals surface area contributed by atoms with E-state index in [2.05, 4.69) is 6.07 Å². The number of hydrogen-bond acceptors (Lipinski definition) is 3. The molecule has 4 heteroatoms. The largest absolute Gasteiger partial charge is 0.389 e. The first-order valence-corrected chi connectivity index (χ1v) is 6.81. The maximum Gasteiger partial charge on any atom is 0.144 e. The highest BCUT2D eigenvalue weighted by molar-refractivity contribution is 7.23. The van der Waals surface area contributed by atoms with Crippen molar-refractivity contribution in [2.45, 2.75) is 34.1 Å². The minimum absolute atomic E-state index is 0.259. The fourth-order valence-electron chi connectivity index (χ4n) is 1.88. The Labute approximate surface area is 111 Å². The number of nitrogen functional groups attached to an aromatic ring is 1. The quantitative estimate of drug-likeness (QED) is 0.830. The van der Waals surface area contributed by atoms with Crippen LogP contribution in [0.1, 0.15) is 37.5 Å². The number of fused-ring (bicyclic) bond motifs is 1. The number of thiophene rings is 1. The monoisotopic (exact) mass is 264 g/mol. The molecular formula is C14H17FN2S. The van der Waals surface area contributed by atoms with Crippen molar-refractivity contribution in [1.29, 1.82) is 5.26 Å². The van der Waals surface area contributed by atoms with E-state index in [1.165, 1.54) is 0 Å². The van der Waals surface area contributed by atoms with Crippen LogP contribution in [0.4, 0.5) is 9.39 Å². The van der Waals surface area contributed by atoms with Gasteiger partial charge in [-0.1, -0.05) is 26.8 Å². The van der Waals surface area contributed by atoms with Crippen LogP contribution in [-0.4, -0.2) is 0 Å². The van der Waals surface area contributed by atoms with E-state index < -0.39 is 0 Å². The SMILES string of the molecule is CC.CCc1cc(C)c(F)c2sc(N)c(C#N)c12. The van der Waals surface area contributed by atoms with Gasteiger partial charge in [-0.25, -0.2) is 4.39 Å². The van der Waals surface area contributed by atoms with E-state index in [9.17, 15) is 4.39 Å². The lowest BCUT2D eigenvalue weighted by atomic mass is 10.0. The number of nitrogens with two attached hydrogens (primary N) is 1. The third kappa shape index (κ3) is 2.19. The zero-order valence-electron chi connectivity index (χ0n) is 11.1. The number of nitrogens with zero attached hydrogens (tertiary/aromatic N) is 1. The van der Waals surface area contributed by atoms with E-state index >= 15 is 0 Å². The molecule has 1 heterocycles. The lowest BCUT2D eigenvalue weighted by Gasteiger charge is -2.04. The second kappa shape index (κ2) is 5.83. The molecule has 1 aromatic heterocycles. The summed E-state index contributed by atoms with van der Waals surface area (Å²) in [6.45, 7) is 7.72. The minimum Gasteiger partial charge on any atom is -0.389 e. The van der Waals surface area contributed by atoms with Gasteiger partial charge in [-0.3, -0.25) is 0 Å². The second-order valence-electron chi connectivity index (χ2n) is 3.68. The summed E-state index contributed by atoms with van der Waals surface area (Å²) in [6.07, 6.45) is 0.766. The highest BCUT2D eigenvalue weighted by Crippen LogP contribution is 2.38. The summed E-state index contributed by atoms with van der Waals surface area (Å²) < 4.78 is 14.4. The normalized spacial score (nSPS) is 9.78. The molecule has 0 unspecified atom stereocenters. The lowest BCUT2D eigenvalue weighted by molar-refractivity contribution is 0.632. The predicted molar refractivity (Wildman–Crippen MR) is 76.4 cm³/mol. The fourth-order valence-corrected chi connectivity index (χ4v) is 2.93. The molecule has 2 nitrogen and oxygen atoms in total. The second-order valence-corrected chi connectivity index (χ2v) is 4.73. The maximum absolute atomic E-state index is 13.9. The molecule has 0 bridgehead atoms. The van der Waals surface area contributed by atoms with Crippen LogP contribution in [0.25, 0.3) is 10.1 Å². The molecule has 0 aliphatic heterocycles. The van der Waals surface area contributed by atoms with Gasteiger partial charge in [-0.2, -0.15) is 5.26 Å². The van der Waals surface area contributed by atoms with Crippen molar-refractivity contribution < 1.29 is 4.39 Å². The van der Waals surface area contributed by atoms with Gasteiger partial charge in [0.05, 0.1) is 10.3 Å². The van der Waals surface area contributed by atoms with Crippen molar-refractivity contribution in [3.63, 3.8) is 0 Å². The molecule has 18 heavy (non-hydrogen) atoms. The van der Waals surface area contributed by atoms with E-state index in [0.717, 1.165) is 23.3 Å². The Kier molecular flexibility index (Phi) is 4.69. The van der Waals surface area contributed by atoms with E-state index in [1.807, 2.05) is 20.8 Å². The van der Waals surface area contributed by atoms with Gasteiger partial charge in [0, 0.05) is 5.39 Å². The van der Waals surface area contributed by atoms with E-state index in [1.54, 1.807) is 13.0 Å². The number of aryl methyl sites for hydroxylation is 2. The highest BCUT2D eigenvalue weighted by atomic mass is 32.1. The molecule has 0 radical (unpaired) electrons. The van der Waals surface area contributed by atoms with Crippen LogP contribution in [0.3, 0.4) is 0 Å². The molecular weight excluding hydrogens is 247 g/mol. The number of anilines is 1. The average molecular weight is 264 g/mol. The number of benzene rings is 1. The van der Waals surface area contributed by atoms with Gasteiger partial charge in [0.2, 0.25) is 0 Å². The topological polar surface area (TPSA) is 49.8 Å². The third-order valence-electron chi connectivity index (χ3n) is 2.69. The number of halogens is 1. The first kappa shape index (κ1) is 14.5. The molecule has 0 saturated heterocycles. The van der Waals surface area contributed by atoms with Crippen LogP contribution in [-0.2, 0) is 6.42 Å². The van der Waals surface area contributed by atoms with Gasteiger partial charge in [-0.05, 0) is 24.5 Å². The molecule has 2 N–H and O–H groups in total. The molecule has 0 saturated carbocycles. The van der Waals surface area contributed by atoms with E-state index in [4.69, 9.17) is 11.0 Å². The Morgan fingerprint density at radius 3 is 2.56 bits per heavy atom. The van der Waals surface area contributed by atoms with Crippen LogP contribution in [0, 0.1) is 24.1 Å². The molecule has 2 rings (SSSR count). The number of nitriles is 1. The van der Waals surface area contributed by atoms with Crippen LogP contribution in [0.5, 0.6) is 0 Å². The fraction of sp³-hybridized carbons (Fsp3) is 0.357. The summed E-state index contributed by atoms with van der Waals surface area (Å²) >= 11 is 1.15. The van der Waals surface area contributed by atoms with Crippen molar-refractivity contribution in [3.05, 3.63) is 28.6 Å². The third-order valence-corrected chi connectivity index (χ3v) is 3.70. The van der Waals surface area contributed by atoms with Crippen molar-refractivity contribution >= 4 is 26.4 Å². The van der Waals surface area contributed by atoms with Gasteiger partial charge in [0.25, 0.3) is 0 Å². The van der Waals surface area contributed by atoms with Crippen molar-refractivity contribution in [1.82, 2.24) is 0 Å². The number of rotatable bonds is 1. The van der Waals surface area contributed by atoms with Crippen molar-refractivity contribution in [2.24, 2.45) is 0 Å². The smallest absolute Gasteiger partial charge is 0.144 e. The Morgan fingerprint density at radius 1 is 1.44 bits per heavy atom. The minimum atomic E-state index is -0.259. The standard InChI is InChI=1S/C12H11FN2S.C2H6/c1-3-7-4-6(2)10(13)11-9(7)8(5-14)12(15)16-11;1-2/h4H,3,15H2,1-2H3;1-2H3. The van der Waals surface area contributed by atoms with Gasteiger partial charge in [-0.15, -0.1) is 11.3 Å². The van der Waals surface area contributed by atoms with E-state index in [-0.39, 0.29) is 5.82 Å². The summed E-state index contributed by atoms with van der Waals surface area (Å²) in [6, 6.07) is 3.85. The molecule has 2 aromatic rings. The zero-order valence-corrected chi connectivity index (χ0v) is 11.9. The predicted octanol–water partition coefficient (Wildman–Crippen LogP) is 4.39. The summed E-state index contributed by atoms with van der Waals surface area (Å²) in [7, 11) is 0. The van der Waals surface area contributed by atoms with Crippen LogP contribution in [0.2, 0.25) is 0 Å². The summed E-state index contributed by atoms with van der Waals surface area (Å²) in [5.41, 5.74) is 7.74.